The molecule has 0 aliphatic rings. The summed E-state index contributed by atoms with van der Waals surface area (Å²) in [5, 5.41) is 0. The minimum absolute atomic E-state index is 0. The zero-order valence-electron chi connectivity index (χ0n) is 6.77. The summed E-state index contributed by atoms with van der Waals surface area (Å²) < 4.78 is 0. The summed E-state index contributed by atoms with van der Waals surface area (Å²) in [6.07, 6.45) is 2.66. The number of benzene rings is 1. The molecule has 1 aromatic carbocycles. The zero-order valence-corrected chi connectivity index (χ0v) is 12.3. The Morgan fingerprint density at radius 1 is 1.00 bits per heavy atom. The Morgan fingerprint density at radius 3 is 2.07 bits per heavy atom. The Kier molecular flexibility index (Phi) is 29.1. The van der Waals surface area contributed by atoms with Crippen molar-refractivity contribution < 1.29 is 75.8 Å². The van der Waals surface area contributed by atoms with Crippen LogP contribution in [0, 0.1) is 6.33 Å². The number of rotatable bonds is 0. The van der Waals surface area contributed by atoms with Gasteiger partial charge in [-0.3, -0.25) is 0 Å². The van der Waals surface area contributed by atoms with Gasteiger partial charge in [0.25, 0.3) is 0 Å². The second kappa shape index (κ2) is 14.7. The number of halogens is 4. The minimum Gasteiger partial charge on any atom is -1.00 e. The molecule has 0 atom stereocenters. The molecule has 1 N–H and O–H groups in total. The Bertz CT molecular complexity index is 299. The first-order chi connectivity index (χ1) is 4.47. The topological polar surface area (TPSA) is 28.7 Å². The smallest absolute Gasteiger partial charge is 1.00 e. The van der Waals surface area contributed by atoms with Gasteiger partial charge in [0.1, 0.15) is 0 Å². The van der Waals surface area contributed by atoms with Gasteiger partial charge in [-0.15, -0.1) is 12.1 Å². The summed E-state index contributed by atoms with van der Waals surface area (Å²) in [4.78, 5) is 6.82. The first-order valence-corrected chi connectivity index (χ1v) is 2.77. The summed E-state index contributed by atoms with van der Waals surface area (Å²) in [5.74, 6) is 0. The Hall–Kier alpha value is 0.733. The summed E-state index contributed by atoms with van der Waals surface area (Å²) in [6, 6.07) is 7.84. The number of imidazole rings is 1. The van der Waals surface area contributed by atoms with Crippen LogP contribution in [-0.2, 0) is 26.2 Å². The van der Waals surface area contributed by atoms with Crippen molar-refractivity contribution in [2.24, 2.45) is 0 Å². The maximum Gasteiger partial charge on any atom is 4.00 e. The van der Waals surface area contributed by atoms with Crippen LogP contribution in [0.1, 0.15) is 7.43 Å². The molecule has 84 valence electrons. The number of hydrogen-bond donors (Lipinski definition) is 1. The fourth-order valence-electron chi connectivity index (χ4n) is 0.825. The molecule has 2 aromatic rings. The summed E-state index contributed by atoms with van der Waals surface area (Å²) in [6.45, 7) is 0. The third-order valence-corrected chi connectivity index (χ3v) is 1.27. The van der Waals surface area contributed by atoms with E-state index < -0.39 is 0 Å². The Labute approximate surface area is 134 Å². The van der Waals surface area contributed by atoms with E-state index in [0.717, 1.165) is 11.0 Å². The number of aromatic amines is 1. The third-order valence-electron chi connectivity index (χ3n) is 1.27. The minimum atomic E-state index is 0. The summed E-state index contributed by atoms with van der Waals surface area (Å²) >= 11 is 0. The van der Waals surface area contributed by atoms with E-state index in [1.54, 1.807) is 0 Å². The fraction of sp³-hybridized carbons (Fsp3) is 0.125. The molecule has 1 aromatic heterocycles. The van der Waals surface area contributed by atoms with Crippen LogP contribution in [0.3, 0.4) is 0 Å². The fourth-order valence-corrected chi connectivity index (χ4v) is 0.825. The largest absolute Gasteiger partial charge is 4.00 e. The molecule has 0 fully saturated rings. The van der Waals surface area contributed by atoms with Gasteiger partial charge in [-0.1, -0.05) is 30.6 Å². The number of nitrogens with zero attached hydrogens (tertiary/aromatic N) is 1. The van der Waals surface area contributed by atoms with Crippen molar-refractivity contribution in [3.63, 3.8) is 0 Å². The van der Waals surface area contributed by atoms with Crippen LogP contribution in [0.25, 0.3) is 11.0 Å². The van der Waals surface area contributed by atoms with Gasteiger partial charge in [-0.05, 0) is 6.33 Å². The molecule has 0 radical (unpaired) electrons. The van der Waals surface area contributed by atoms with Gasteiger partial charge in [0.15, 0.2) is 0 Å². The average Bonchev–Trinajstić information content (AvgIpc) is 2.33. The number of fused-ring (bicyclic) bond motifs is 1. The number of nitrogens with one attached hydrogen (secondary N) is 1. The number of hydrogen-bond acceptors (Lipinski definition) is 1. The quantitative estimate of drug-likeness (QED) is 0.461. The Morgan fingerprint density at radius 2 is 1.53 bits per heavy atom. The normalized spacial score (nSPS) is 6.13. The molecule has 0 saturated carbocycles. The second-order valence-corrected chi connectivity index (χ2v) is 1.87. The molecule has 0 unspecified atom stereocenters. The van der Waals surface area contributed by atoms with Crippen molar-refractivity contribution in [3.05, 3.63) is 30.6 Å². The molecule has 2 nitrogen and oxygen atoms in total. The Balaban J connectivity index is -0.0000000556. The van der Waals surface area contributed by atoms with Gasteiger partial charge >= 0.3 is 26.2 Å². The van der Waals surface area contributed by atoms with Gasteiger partial charge < -0.3 is 59.6 Å². The standard InChI is InChI=1S/C7H5N2.CH4.4ClH.Zr/c1-2-4-7-6(3-1)8-5-9-7;;;;;;/h1-4H,(H,8,9);1H4;4*1H;/q-1;;;;;;+4/p-4. The van der Waals surface area contributed by atoms with Crippen LogP contribution in [0.15, 0.2) is 24.3 Å². The predicted molar refractivity (Wildman–Crippen MR) is 41.7 cm³/mol. The van der Waals surface area contributed by atoms with Crippen molar-refractivity contribution >= 4 is 11.0 Å². The monoisotopic (exact) mass is 363 g/mol. The maximum atomic E-state index is 3.94. The molecule has 0 saturated heterocycles. The third kappa shape index (κ3) is 7.60. The van der Waals surface area contributed by atoms with E-state index in [0.29, 0.717) is 0 Å². The van der Waals surface area contributed by atoms with Crippen LogP contribution < -0.4 is 49.6 Å². The molecular weight excluding hydrogens is 357 g/mol. The second-order valence-electron chi connectivity index (χ2n) is 1.87. The van der Waals surface area contributed by atoms with Crippen LogP contribution in [0.4, 0.5) is 0 Å². The van der Waals surface area contributed by atoms with Crippen LogP contribution in [0.2, 0.25) is 0 Å². The molecule has 7 heteroatoms. The SMILES string of the molecule is C.[Cl-].[Cl-].[Cl-].[Cl-].[Zr+4].[c-]1nc2ccccc2[nH]1. The molecule has 2 rings (SSSR count). The molecule has 0 spiro atoms. The van der Waals surface area contributed by atoms with Gasteiger partial charge in [-0.2, -0.15) is 0 Å². The molecule has 0 aliphatic heterocycles. The van der Waals surface area contributed by atoms with Crippen LogP contribution >= 0.6 is 0 Å². The van der Waals surface area contributed by atoms with E-state index in [1.807, 2.05) is 24.3 Å². The van der Waals surface area contributed by atoms with Gasteiger partial charge in [0.2, 0.25) is 0 Å². The average molecular weight is 366 g/mol. The van der Waals surface area contributed by atoms with Crippen molar-refractivity contribution in [1.82, 2.24) is 9.97 Å². The van der Waals surface area contributed by atoms with Crippen molar-refractivity contribution in [2.45, 2.75) is 7.43 Å². The first-order valence-electron chi connectivity index (χ1n) is 2.77. The van der Waals surface area contributed by atoms with Crippen LogP contribution in [0.5, 0.6) is 0 Å². The van der Waals surface area contributed by atoms with E-state index in [2.05, 4.69) is 16.3 Å². The summed E-state index contributed by atoms with van der Waals surface area (Å²) in [5.41, 5.74) is 2.01. The van der Waals surface area contributed by atoms with E-state index in [1.165, 1.54) is 0 Å². The van der Waals surface area contributed by atoms with Crippen LogP contribution in [-0.4, -0.2) is 9.97 Å². The van der Waals surface area contributed by atoms with Crippen molar-refractivity contribution in [1.29, 1.82) is 0 Å². The molecule has 15 heavy (non-hydrogen) atoms. The molecule has 1 heterocycles. The van der Waals surface area contributed by atoms with Gasteiger partial charge in [0, 0.05) is 0 Å². The van der Waals surface area contributed by atoms with E-state index >= 15 is 0 Å². The number of para-hydroxylation sites is 2. The van der Waals surface area contributed by atoms with Crippen molar-refractivity contribution in [2.75, 3.05) is 0 Å². The number of H-pyrrole nitrogens is 1. The molecule has 0 bridgehead atoms. The van der Waals surface area contributed by atoms with E-state index in [-0.39, 0.29) is 83.3 Å². The zero-order chi connectivity index (χ0) is 6.10. The van der Waals surface area contributed by atoms with Gasteiger partial charge in [-0.25, -0.2) is 0 Å². The van der Waals surface area contributed by atoms with E-state index in [9.17, 15) is 0 Å². The molecule has 0 aliphatic carbocycles. The van der Waals surface area contributed by atoms with E-state index in [4.69, 9.17) is 0 Å². The molecular formula is C8H9Cl4N2Zr-. The molecule has 0 amide bonds. The number of aromatic nitrogens is 2. The summed E-state index contributed by atoms with van der Waals surface area (Å²) in [7, 11) is 0. The van der Waals surface area contributed by atoms with Gasteiger partial charge in [0.05, 0.1) is 0 Å². The maximum absolute atomic E-state index is 3.94. The van der Waals surface area contributed by atoms with Crippen molar-refractivity contribution in [3.8, 4) is 0 Å². The first kappa shape index (κ1) is 29.6. The predicted octanol–water partition coefficient (Wildman–Crippen LogP) is -9.99.